The molecule has 1 aromatic heterocycles. The van der Waals surface area contributed by atoms with E-state index in [0.717, 1.165) is 45.0 Å². The Balaban J connectivity index is 0.841. The molecule has 356 valence electrons. The SMILES string of the molecule is c1ccc(-c2nc(-c3cccc(-c4ccc5c6ccccc6c6ccccc6c5c4)c3)nc(-c3ccc(-c4ccc5c(c4)C4(c6ccccc6N5c5ccccc5)C5CC6CC(C5)CC4C6)c4ccccc34)n2)cc1. The molecule has 5 aliphatic rings. The van der Waals surface area contributed by atoms with Gasteiger partial charge in [0.2, 0.25) is 0 Å². The van der Waals surface area contributed by atoms with Crippen LogP contribution in [0.25, 0.3) is 99.5 Å². The molecule has 0 amide bonds. The standard InChI is InChI=1S/C71H52N4/c1-3-16-46(17-4-1)68-72-69(50-19-15-18-47(41-50)48-30-32-61-58-25-9-8-23-56(58)57-24-10-12-27-60(57)63(61)42-48)74-70(73-68)62-34-33-54(55-22-7-11-26-59(55)62)49-31-35-67-65(43-49)71(51-37-44-36-45(39-51)40-52(71)38-44)64-28-13-14-29-66(64)75(67)53-20-5-2-6-21-53/h1-35,41-45,51-52H,36-40H2. The van der Waals surface area contributed by atoms with Gasteiger partial charge >= 0.3 is 0 Å². The topological polar surface area (TPSA) is 41.9 Å². The first-order valence-corrected chi connectivity index (χ1v) is 27.0. The Morgan fingerprint density at radius 3 is 1.51 bits per heavy atom. The zero-order chi connectivity index (χ0) is 49.2. The molecule has 4 aliphatic carbocycles. The Bertz CT molecular complexity index is 4210. The van der Waals surface area contributed by atoms with E-state index in [1.54, 1.807) is 0 Å². The van der Waals surface area contributed by atoms with Gasteiger partial charge in [0, 0.05) is 27.8 Å². The van der Waals surface area contributed by atoms with E-state index in [4.69, 9.17) is 15.0 Å². The molecule has 4 nitrogen and oxygen atoms in total. The number of rotatable bonds is 6. The summed E-state index contributed by atoms with van der Waals surface area (Å²) in [4.78, 5) is 18.5. The maximum Gasteiger partial charge on any atom is 0.164 e. The predicted molar refractivity (Wildman–Crippen MR) is 310 cm³/mol. The molecule has 75 heavy (non-hydrogen) atoms. The summed E-state index contributed by atoms with van der Waals surface area (Å²) < 4.78 is 0. The Hall–Kier alpha value is -8.73. The zero-order valence-corrected chi connectivity index (χ0v) is 41.6. The van der Waals surface area contributed by atoms with Crippen molar-refractivity contribution in [2.24, 2.45) is 23.7 Å². The minimum Gasteiger partial charge on any atom is -0.310 e. The van der Waals surface area contributed by atoms with Crippen molar-refractivity contribution in [2.45, 2.75) is 37.5 Å². The second-order valence-corrected chi connectivity index (χ2v) is 21.9. The van der Waals surface area contributed by atoms with Gasteiger partial charge in [0.05, 0.1) is 11.4 Å². The third-order valence-electron chi connectivity index (χ3n) is 18.1. The van der Waals surface area contributed by atoms with Gasteiger partial charge in [-0.15, -0.1) is 0 Å². The summed E-state index contributed by atoms with van der Waals surface area (Å²) in [5, 5.41) is 9.90. The van der Waals surface area contributed by atoms with E-state index in [0.29, 0.717) is 29.3 Å². The molecule has 1 aliphatic heterocycles. The molecule has 1 spiro atoms. The summed E-state index contributed by atoms with van der Waals surface area (Å²) in [5.41, 5.74) is 14.5. The molecule has 4 fully saturated rings. The van der Waals surface area contributed by atoms with E-state index in [-0.39, 0.29) is 5.41 Å². The number of benzene rings is 11. The van der Waals surface area contributed by atoms with Gasteiger partial charge in [-0.25, -0.2) is 15.0 Å². The lowest BCUT2D eigenvalue weighted by molar-refractivity contribution is -0.0419. The van der Waals surface area contributed by atoms with Crippen LogP contribution in [0.3, 0.4) is 0 Å². The summed E-state index contributed by atoms with van der Waals surface area (Å²) in [6.07, 6.45) is 6.74. The van der Waals surface area contributed by atoms with Crippen LogP contribution in [0.1, 0.15) is 43.2 Å². The average Bonchev–Trinajstić information content (AvgIpc) is 3.51. The van der Waals surface area contributed by atoms with Crippen LogP contribution < -0.4 is 4.90 Å². The maximum absolute atomic E-state index is 5.40. The van der Waals surface area contributed by atoms with Gasteiger partial charge in [0.25, 0.3) is 0 Å². The first-order chi connectivity index (χ1) is 37.1. The van der Waals surface area contributed by atoms with Crippen molar-refractivity contribution in [1.29, 1.82) is 0 Å². The lowest BCUT2D eigenvalue weighted by Crippen LogP contribution is -2.57. The van der Waals surface area contributed by atoms with Gasteiger partial charge in [-0.1, -0.05) is 182 Å². The number of fused-ring (bicyclic) bond motifs is 9. The molecule has 12 aromatic rings. The van der Waals surface area contributed by atoms with Crippen LogP contribution in [0.4, 0.5) is 17.1 Å². The van der Waals surface area contributed by atoms with Gasteiger partial charge in [-0.05, 0) is 181 Å². The van der Waals surface area contributed by atoms with E-state index in [2.05, 4.69) is 229 Å². The highest BCUT2D eigenvalue weighted by Crippen LogP contribution is 2.69. The molecule has 4 bridgehead atoms. The molecule has 11 aromatic carbocycles. The normalized spacial score (nSPS) is 20.3. The van der Waals surface area contributed by atoms with Gasteiger partial charge in [-0.2, -0.15) is 0 Å². The first-order valence-electron chi connectivity index (χ1n) is 27.0. The second-order valence-electron chi connectivity index (χ2n) is 21.9. The minimum absolute atomic E-state index is 0.0274. The van der Waals surface area contributed by atoms with E-state index >= 15 is 0 Å². The smallest absolute Gasteiger partial charge is 0.164 e. The van der Waals surface area contributed by atoms with Crippen LogP contribution in [-0.4, -0.2) is 15.0 Å². The highest BCUT2D eigenvalue weighted by atomic mass is 15.2. The fourth-order valence-corrected chi connectivity index (χ4v) is 15.2. The lowest BCUT2D eigenvalue weighted by Gasteiger charge is -2.64. The maximum atomic E-state index is 5.40. The van der Waals surface area contributed by atoms with E-state index in [9.17, 15) is 0 Å². The Morgan fingerprint density at radius 2 is 0.800 bits per heavy atom. The van der Waals surface area contributed by atoms with Crippen molar-refractivity contribution in [3.8, 4) is 56.4 Å². The monoisotopic (exact) mass is 960 g/mol. The fourth-order valence-electron chi connectivity index (χ4n) is 15.2. The number of nitrogens with zero attached hydrogens (tertiary/aromatic N) is 4. The molecule has 0 saturated heterocycles. The molecule has 17 rings (SSSR count). The molecule has 4 heteroatoms. The van der Waals surface area contributed by atoms with E-state index < -0.39 is 0 Å². The van der Waals surface area contributed by atoms with Gasteiger partial charge < -0.3 is 4.90 Å². The molecular weight excluding hydrogens is 909 g/mol. The van der Waals surface area contributed by atoms with Crippen molar-refractivity contribution in [3.63, 3.8) is 0 Å². The highest BCUT2D eigenvalue weighted by Gasteiger charge is 2.61. The van der Waals surface area contributed by atoms with E-state index in [1.807, 2.05) is 6.07 Å². The first kappa shape index (κ1) is 42.7. The predicted octanol–water partition coefficient (Wildman–Crippen LogP) is 18.3. The zero-order valence-electron chi connectivity index (χ0n) is 41.6. The van der Waals surface area contributed by atoms with E-state index in [1.165, 1.54) is 109 Å². The second kappa shape index (κ2) is 16.6. The minimum atomic E-state index is -0.0274. The Labute approximate surface area is 437 Å². The number of aromatic nitrogens is 3. The van der Waals surface area contributed by atoms with Crippen LogP contribution in [0.2, 0.25) is 0 Å². The van der Waals surface area contributed by atoms with Crippen LogP contribution in [-0.2, 0) is 5.41 Å². The number of hydrogen-bond acceptors (Lipinski definition) is 4. The van der Waals surface area contributed by atoms with Crippen molar-refractivity contribution in [3.05, 3.63) is 242 Å². The third kappa shape index (κ3) is 6.51. The molecule has 0 N–H and O–H groups in total. The van der Waals surface area contributed by atoms with Gasteiger partial charge in [0.1, 0.15) is 0 Å². The van der Waals surface area contributed by atoms with Crippen molar-refractivity contribution >= 4 is 60.2 Å². The Kier molecular flexibility index (Phi) is 9.49. The van der Waals surface area contributed by atoms with Gasteiger partial charge in [0.15, 0.2) is 17.5 Å². The molecular formula is C71H52N4. The number of para-hydroxylation sites is 2. The van der Waals surface area contributed by atoms with Crippen molar-refractivity contribution < 1.29 is 0 Å². The van der Waals surface area contributed by atoms with Crippen molar-refractivity contribution in [1.82, 2.24) is 15.0 Å². The third-order valence-corrected chi connectivity index (χ3v) is 18.1. The highest BCUT2D eigenvalue weighted by molar-refractivity contribution is 6.25. The summed E-state index contributed by atoms with van der Waals surface area (Å²) in [5.74, 6) is 4.93. The largest absolute Gasteiger partial charge is 0.310 e. The molecule has 0 radical (unpaired) electrons. The average molecular weight is 961 g/mol. The fraction of sp³-hybridized carbons (Fsp3) is 0.141. The van der Waals surface area contributed by atoms with Crippen LogP contribution >= 0.6 is 0 Å². The molecule has 0 unspecified atom stereocenters. The quantitative estimate of drug-likeness (QED) is 0.156. The van der Waals surface area contributed by atoms with Gasteiger partial charge in [-0.3, -0.25) is 0 Å². The summed E-state index contributed by atoms with van der Waals surface area (Å²) in [6, 6.07) is 84.8. The number of hydrogen-bond donors (Lipinski definition) is 0. The Morgan fingerprint density at radius 1 is 0.307 bits per heavy atom. The van der Waals surface area contributed by atoms with Crippen molar-refractivity contribution in [2.75, 3.05) is 4.90 Å². The summed E-state index contributed by atoms with van der Waals surface area (Å²) in [6.45, 7) is 0. The van der Waals surface area contributed by atoms with Crippen LogP contribution in [0, 0.1) is 23.7 Å². The van der Waals surface area contributed by atoms with Crippen LogP contribution in [0.5, 0.6) is 0 Å². The molecule has 4 saturated carbocycles. The number of anilines is 3. The summed E-state index contributed by atoms with van der Waals surface area (Å²) in [7, 11) is 0. The summed E-state index contributed by atoms with van der Waals surface area (Å²) >= 11 is 0. The van der Waals surface area contributed by atoms with Crippen LogP contribution in [0.15, 0.2) is 231 Å². The lowest BCUT2D eigenvalue weighted by atomic mass is 9.41. The molecule has 2 heterocycles. The molecule has 0 atom stereocenters.